The summed E-state index contributed by atoms with van der Waals surface area (Å²) in [6.45, 7) is 3.88. The van der Waals surface area contributed by atoms with Gasteiger partial charge in [0.15, 0.2) is 0 Å². The van der Waals surface area contributed by atoms with E-state index in [-0.39, 0.29) is 43.8 Å². The van der Waals surface area contributed by atoms with Gasteiger partial charge in [0.25, 0.3) is 5.91 Å². The molecule has 2 N–H and O–H groups in total. The summed E-state index contributed by atoms with van der Waals surface area (Å²) < 4.78 is 18.3. The average molecular weight is 658 g/mol. The molecule has 0 aromatic heterocycles. The minimum Gasteiger partial charge on any atom is -0.497 e. The second-order valence-electron chi connectivity index (χ2n) is 13.2. The van der Waals surface area contributed by atoms with Gasteiger partial charge in [-0.25, -0.2) is 0 Å². The molecule has 11 nitrogen and oxygen atoms in total. The lowest BCUT2D eigenvalue weighted by molar-refractivity contribution is -0.160. The minimum atomic E-state index is -1.52. The number of cyclic esters (lactones) is 1. The number of likely N-dealkylation sites (tertiary alicyclic amines) is 1. The van der Waals surface area contributed by atoms with Crippen LogP contribution in [0.25, 0.3) is 0 Å². The van der Waals surface area contributed by atoms with E-state index in [9.17, 15) is 24.3 Å². The average Bonchev–Trinajstić information content (AvgIpc) is 3.48. The van der Waals surface area contributed by atoms with Crippen LogP contribution in [0.2, 0.25) is 0 Å². The summed E-state index contributed by atoms with van der Waals surface area (Å²) in [4.78, 5) is 59.6. The molecule has 3 amide bonds. The predicted octanol–water partition coefficient (Wildman–Crippen LogP) is 3.34. The molecule has 0 radical (unpaired) electrons. The number of nitrogens with zero attached hydrogens (tertiary/aromatic N) is 2. The van der Waals surface area contributed by atoms with Gasteiger partial charge in [-0.15, -0.1) is 0 Å². The number of hydrogen-bond donors (Lipinski definition) is 2. The van der Waals surface area contributed by atoms with Crippen molar-refractivity contribution in [3.05, 3.63) is 84.5 Å². The molecular formula is C37H43N3O8. The Morgan fingerprint density at radius 2 is 1.77 bits per heavy atom. The number of amides is 3. The number of carbonyl (C=O) groups excluding carboxylic acids is 4. The Kier molecular flexibility index (Phi) is 9.70. The number of methoxy groups -OCH3 is 1. The molecule has 0 unspecified atom stereocenters. The van der Waals surface area contributed by atoms with Gasteiger partial charge in [-0.1, -0.05) is 68.5 Å². The Labute approximate surface area is 280 Å². The third-order valence-corrected chi connectivity index (χ3v) is 9.71. The number of rotatable bonds is 7. The van der Waals surface area contributed by atoms with Crippen LogP contribution in [0.3, 0.4) is 0 Å². The topological polar surface area (TPSA) is 135 Å². The van der Waals surface area contributed by atoms with Gasteiger partial charge in [0.1, 0.15) is 29.4 Å². The number of carbonyl (C=O) groups is 4. The van der Waals surface area contributed by atoms with Crippen molar-refractivity contribution < 1.29 is 38.5 Å². The highest BCUT2D eigenvalue weighted by molar-refractivity contribution is 6.05. The molecule has 2 fully saturated rings. The van der Waals surface area contributed by atoms with Crippen molar-refractivity contribution in [2.45, 2.75) is 63.0 Å². The van der Waals surface area contributed by atoms with Crippen LogP contribution in [0.4, 0.5) is 5.69 Å². The Morgan fingerprint density at radius 3 is 2.46 bits per heavy atom. The predicted molar refractivity (Wildman–Crippen MR) is 177 cm³/mol. The molecule has 4 aliphatic heterocycles. The van der Waals surface area contributed by atoms with Crippen LogP contribution in [-0.2, 0) is 28.7 Å². The number of esters is 1. The number of allylic oxidation sites excluding steroid dienone is 1. The van der Waals surface area contributed by atoms with Crippen molar-refractivity contribution >= 4 is 29.4 Å². The first-order valence-electron chi connectivity index (χ1n) is 16.6. The zero-order chi connectivity index (χ0) is 34.0. The monoisotopic (exact) mass is 657 g/mol. The first kappa shape index (κ1) is 33.4. The maximum atomic E-state index is 14.8. The lowest BCUT2D eigenvalue weighted by Gasteiger charge is -2.39. The van der Waals surface area contributed by atoms with Gasteiger partial charge in [0, 0.05) is 18.7 Å². The molecule has 6 rings (SSSR count). The third-order valence-electron chi connectivity index (χ3n) is 9.71. The molecule has 0 aliphatic carbocycles. The molecule has 4 heterocycles. The van der Waals surface area contributed by atoms with Crippen molar-refractivity contribution in [3.8, 4) is 5.75 Å². The van der Waals surface area contributed by atoms with E-state index < -0.39 is 53.6 Å². The highest BCUT2D eigenvalue weighted by Crippen LogP contribution is 2.54. The smallest absolute Gasteiger partial charge is 0.313 e. The van der Waals surface area contributed by atoms with Crippen LogP contribution in [0.15, 0.2) is 78.9 Å². The van der Waals surface area contributed by atoms with Gasteiger partial charge in [-0.05, 0) is 48.6 Å². The zero-order valence-electron chi connectivity index (χ0n) is 27.5. The summed E-state index contributed by atoms with van der Waals surface area (Å²) in [5.74, 6) is -3.12. The second-order valence-corrected chi connectivity index (χ2v) is 13.2. The van der Waals surface area contributed by atoms with Gasteiger partial charge >= 0.3 is 5.97 Å². The van der Waals surface area contributed by atoms with Gasteiger partial charge < -0.3 is 34.4 Å². The Balaban J connectivity index is 1.45. The maximum Gasteiger partial charge on any atom is 0.313 e. The zero-order valence-corrected chi connectivity index (χ0v) is 27.5. The molecule has 2 saturated heterocycles. The lowest BCUT2D eigenvalue weighted by Crippen LogP contribution is -2.58. The van der Waals surface area contributed by atoms with Crippen molar-refractivity contribution in [1.82, 2.24) is 10.2 Å². The number of aliphatic hydroxyl groups is 1. The number of hydrogen-bond acceptors (Lipinski definition) is 8. The van der Waals surface area contributed by atoms with Gasteiger partial charge in [-0.2, -0.15) is 0 Å². The van der Waals surface area contributed by atoms with E-state index in [0.29, 0.717) is 29.8 Å². The second kappa shape index (κ2) is 13.9. The van der Waals surface area contributed by atoms with Crippen LogP contribution >= 0.6 is 0 Å². The summed E-state index contributed by atoms with van der Waals surface area (Å²) >= 11 is 0. The summed E-state index contributed by atoms with van der Waals surface area (Å²) in [6, 6.07) is 14.4. The standard InChI is InChI=1S/C37H43N3O8/c1-23(2)20-26(22-41)40-33-35(44)39(25-14-16-27(46-3)17-15-25)19-9-18-37(33)32(34(40)43)31-28(48-37)12-7-8-13-30(42)38-21-29(47-36(31)45)24-10-5-4-6-11-24/h4-7,9-12,14-18,23,26,28-29,31-33,41H,8,13,19-22H2,1-3H3,(H,38,42)/b12-7-/t26-,28-,29+,31+,32+,33-,37+/m1/s1. The van der Waals surface area contributed by atoms with Gasteiger partial charge in [0.05, 0.1) is 38.3 Å². The number of benzene rings is 2. The molecule has 4 aliphatic rings. The third kappa shape index (κ3) is 6.12. The maximum absolute atomic E-state index is 14.8. The minimum absolute atomic E-state index is 0.0607. The fourth-order valence-corrected chi connectivity index (χ4v) is 7.55. The molecular weight excluding hydrogens is 614 g/mol. The largest absolute Gasteiger partial charge is 0.497 e. The number of ether oxygens (including phenoxy) is 3. The quantitative estimate of drug-likeness (QED) is 0.342. The van der Waals surface area contributed by atoms with Gasteiger partial charge in [-0.3, -0.25) is 19.2 Å². The molecule has 254 valence electrons. The molecule has 2 aromatic carbocycles. The summed E-state index contributed by atoms with van der Waals surface area (Å²) in [5.41, 5.74) is -0.220. The SMILES string of the molecule is COc1ccc(N2CC=C[C@]34O[C@@H]5/C=C\CCC(=O)NC[C@@H](c6ccccc6)OC(=O)[C@@H]5[C@H]3C(=O)N([C@@H](CO)CC(C)C)[C@@H]4C2=O)cc1. The summed E-state index contributed by atoms with van der Waals surface area (Å²) in [5, 5.41) is 13.5. The molecule has 2 aromatic rings. The van der Waals surface area contributed by atoms with E-state index in [1.54, 1.807) is 60.6 Å². The van der Waals surface area contributed by atoms with E-state index in [1.807, 2.05) is 44.2 Å². The fraction of sp³-hybridized carbons (Fsp3) is 0.459. The van der Waals surface area contributed by atoms with Crippen molar-refractivity contribution in [1.29, 1.82) is 0 Å². The Hall–Kier alpha value is -4.48. The molecule has 48 heavy (non-hydrogen) atoms. The van der Waals surface area contributed by atoms with E-state index in [0.717, 1.165) is 0 Å². The number of aliphatic hydroxyl groups excluding tert-OH is 1. The molecule has 1 spiro atoms. The van der Waals surface area contributed by atoms with Crippen LogP contribution in [0.5, 0.6) is 5.75 Å². The molecule has 0 saturated carbocycles. The molecule has 7 atom stereocenters. The normalized spacial score (nSPS) is 30.3. The Morgan fingerprint density at radius 1 is 1.02 bits per heavy atom. The first-order chi connectivity index (χ1) is 23.2. The van der Waals surface area contributed by atoms with E-state index >= 15 is 0 Å². The molecule has 0 bridgehead atoms. The highest BCUT2D eigenvalue weighted by atomic mass is 16.6. The fourth-order valence-electron chi connectivity index (χ4n) is 7.55. The van der Waals surface area contributed by atoms with Crippen molar-refractivity contribution in [3.63, 3.8) is 0 Å². The Bertz CT molecular complexity index is 1570. The van der Waals surface area contributed by atoms with Gasteiger partial charge in [0.2, 0.25) is 11.8 Å². The van der Waals surface area contributed by atoms with Crippen LogP contribution in [0, 0.1) is 17.8 Å². The number of nitrogens with one attached hydrogen (secondary N) is 1. The lowest BCUT2D eigenvalue weighted by atomic mass is 9.77. The van der Waals surface area contributed by atoms with Crippen LogP contribution in [-0.4, -0.2) is 84.3 Å². The number of anilines is 1. The van der Waals surface area contributed by atoms with E-state index in [2.05, 4.69) is 5.32 Å². The first-order valence-corrected chi connectivity index (χ1v) is 16.6. The highest BCUT2D eigenvalue weighted by Gasteiger charge is 2.72. The van der Waals surface area contributed by atoms with Crippen molar-refractivity contribution in [2.75, 3.05) is 31.7 Å². The van der Waals surface area contributed by atoms with E-state index in [1.165, 1.54) is 4.90 Å². The van der Waals surface area contributed by atoms with Crippen LogP contribution in [0.1, 0.15) is 44.8 Å². The molecule has 11 heteroatoms. The van der Waals surface area contributed by atoms with Crippen LogP contribution < -0.4 is 15.0 Å². The van der Waals surface area contributed by atoms with E-state index in [4.69, 9.17) is 14.2 Å². The summed E-state index contributed by atoms with van der Waals surface area (Å²) in [6.07, 6.45) is 6.39. The number of fused-ring (bicyclic) bond motifs is 2. The summed E-state index contributed by atoms with van der Waals surface area (Å²) in [7, 11) is 1.56. The van der Waals surface area contributed by atoms with Crippen molar-refractivity contribution in [2.24, 2.45) is 17.8 Å².